The molecule has 19 heavy (non-hydrogen) atoms. The molecule has 3 nitrogen and oxygen atoms in total. The molecule has 1 aromatic carbocycles. The Bertz CT molecular complexity index is 536. The molecule has 0 amide bonds. The van der Waals surface area contributed by atoms with Crippen LogP contribution in [0.4, 0.5) is 0 Å². The van der Waals surface area contributed by atoms with Crippen molar-refractivity contribution < 1.29 is 8.42 Å². The maximum absolute atomic E-state index is 12.3. The highest BCUT2D eigenvalue weighted by Crippen LogP contribution is 2.40. The van der Waals surface area contributed by atoms with Gasteiger partial charge in [0.15, 0.2) is 0 Å². The first-order chi connectivity index (χ1) is 8.97. The Morgan fingerprint density at radius 2 is 2.00 bits per heavy atom. The zero-order chi connectivity index (χ0) is 13.9. The van der Waals surface area contributed by atoms with Crippen molar-refractivity contribution in [3.8, 4) is 0 Å². The zero-order valence-electron chi connectivity index (χ0n) is 11.2. The summed E-state index contributed by atoms with van der Waals surface area (Å²) in [5, 5.41) is 0. The van der Waals surface area contributed by atoms with Crippen LogP contribution in [0.5, 0.6) is 0 Å². The highest BCUT2D eigenvalue weighted by Gasteiger charge is 2.33. The minimum absolute atomic E-state index is 0.166. The molecule has 0 aromatic heterocycles. The lowest BCUT2D eigenvalue weighted by Gasteiger charge is -2.27. The highest BCUT2D eigenvalue weighted by molar-refractivity contribution is 9.10. The van der Waals surface area contributed by atoms with E-state index in [0.29, 0.717) is 11.4 Å². The van der Waals surface area contributed by atoms with E-state index in [1.165, 1.54) is 12.8 Å². The SMILES string of the molecule is CCC1(CNS(=O)(=O)c2cccc(Br)c2)CCCC1. The van der Waals surface area contributed by atoms with E-state index in [1.54, 1.807) is 18.2 Å². The van der Waals surface area contributed by atoms with Crippen LogP contribution >= 0.6 is 15.9 Å². The summed E-state index contributed by atoms with van der Waals surface area (Å²) in [5.74, 6) is 0. The monoisotopic (exact) mass is 345 g/mol. The summed E-state index contributed by atoms with van der Waals surface area (Å²) in [7, 11) is -3.40. The Labute approximate surface area is 124 Å². The van der Waals surface area contributed by atoms with E-state index in [1.807, 2.05) is 6.07 Å². The van der Waals surface area contributed by atoms with Crippen LogP contribution in [0, 0.1) is 5.41 Å². The maximum atomic E-state index is 12.3. The first kappa shape index (κ1) is 15.0. The number of benzene rings is 1. The summed E-state index contributed by atoms with van der Waals surface area (Å²) in [4.78, 5) is 0.325. The van der Waals surface area contributed by atoms with Crippen LogP contribution in [-0.4, -0.2) is 15.0 Å². The quantitative estimate of drug-likeness (QED) is 0.884. The fourth-order valence-electron chi connectivity index (χ4n) is 2.75. The normalized spacial score (nSPS) is 18.6. The molecule has 0 heterocycles. The number of nitrogens with one attached hydrogen (secondary N) is 1. The van der Waals surface area contributed by atoms with Gasteiger partial charge in [-0.05, 0) is 42.9 Å². The lowest BCUT2D eigenvalue weighted by Crippen LogP contribution is -2.35. The molecule has 0 saturated heterocycles. The molecule has 106 valence electrons. The van der Waals surface area contributed by atoms with Crippen molar-refractivity contribution in [3.05, 3.63) is 28.7 Å². The zero-order valence-corrected chi connectivity index (χ0v) is 13.6. The van der Waals surface area contributed by atoms with Crippen LogP contribution < -0.4 is 4.72 Å². The summed E-state index contributed by atoms with van der Waals surface area (Å²) in [6.07, 6.45) is 5.72. The smallest absolute Gasteiger partial charge is 0.211 e. The van der Waals surface area contributed by atoms with Gasteiger partial charge in [-0.1, -0.05) is 41.8 Å². The van der Waals surface area contributed by atoms with Crippen LogP contribution in [-0.2, 0) is 10.0 Å². The number of hydrogen-bond donors (Lipinski definition) is 1. The van der Waals surface area contributed by atoms with Crippen molar-refractivity contribution in [2.75, 3.05) is 6.54 Å². The molecule has 2 rings (SSSR count). The molecule has 0 bridgehead atoms. The molecular weight excluding hydrogens is 326 g/mol. The minimum Gasteiger partial charge on any atom is -0.211 e. The van der Waals surface area contributed by atoms with E-state index in [9.17, 15) is 8.42 Å². The van der Waals surface area contributed by atoms with Crippen molar-refractivity contribution in [2.24, 2.45) is 5.41 Å². The summed E-state index contributed by atoms with van der Waals surface area (Å²) < 4.78 is 28.1. The third kappa shape index (κ3) is 3.58. The van der Waals surface area contributed by atoms with Crippen LogP contribution in [0.25, 0.3) is 0 Å². The molecule has 1 aromatic rings. The van der Waals surface area contributed by atoms with Crippen molar-refractivity contribution in [2.45, 2.75) is 43.9 Å². The second-order valence-electron chi connectivity index (χ2n) is 5.34. The Morgan fingerprint density at radius 1 is 1.32 bits per heavy atom. The number of rotatable bonds is 5. The Kier molecular flexibility index (Phi) is 4.69. The van der Waals surface area contributed by atoms with Gasteiger partial charge < -0.3 is 0 Å². The molecule has 0 atom stereocenters. The lowest BCUT2D eigenvalue weighted by atomic mass is 9.84. The van der Waals surface area contributed by atoms with Crippen LogP contribution in [0.1, 0.15) is 39.0 Å². The number of sulfonamides is 1. The van der Waals surface area contributed by atoms with Gasteiger partial charge >= 0.3 is 0 Å². The first-order valence-corrected chi connectivity index (χ1v) is 9.00. The van der Waals surface area contributed by atoms with Crippen LogP contribution in [0.2, 0.25) is 0 Å². The van der Waals surface area contributed by atoms with Gasteiger partial charge in [-0.25, -0.2) is 13.1 Å². The third-order valence-corrected chi connectivity index (χ3v) is 6.05. The largest absolute Gasteiger partial charge is 0.240 e. The number of halogens is 1. The summed E-state index contributed by atoms with van der Waals surface area (Å²) >= 11 is 3.30. The number of hydrogen-bond acceptors (Lipinski definition) is 2. The van der Waals surface area contributed by atoms with Crippen LogP contribution in [0.3, 0.4) is 0 Å². The van der Waals surface area contributed by atoms with Gasteiger partial charge in [0, 0.05) is 11.0 Å². The molecule has 1 N–H and O–H groups in total. The topological polar surface area (TPSA) is 46.2 Å². The maximum Gasteiger partial charge on any atom is 0.240 e. The van der Waals surface area contributed by atoms with Gasteiger partial charge in [0.1, 0.15) is 0 Å². The first-order valence-electron chi connectivity index (χ1n) is 6.73. The predicted octanol–water partition coefficient (Wildman–Crippen LogP) is 3.70. The average molecular weight is 346 g/mol. The molecule has 0 radical (unpaired) electrons. The predicted molar refractivity (Wildman–Crippen MR) is 80.5 cm³/mol. The van der Waals surface area contributed by atoms with E-state index < -0.39 is 10.0 Å². The molecule has 1 aliphatic rings. The summed E-state index contributed by atoms with van der Waals surface area (Å²) in [6.45, 7) is 2.71. The Balaban J connectivity index is 2.09. The second-order valence-corrected chi connectivity index (χ2v) is 8.03. The second kappa shape index (κ2) is 5.94. The van der Waals surface area contributed by atoms with Gasteiger partial charge in [0.05, 0.1) is 4.90 Å². The van der Waals surface area contributed by atoms with Gasteiger partial charge in [-0.3, -0.25) is 0 Å². The van der Waals surface area contributed by atoms with E-state index in [0.717, 1.165) is 23.7 Å². The van der Waals surface area contributed by atoms with Gasteiger partial charge in [0.2, 0.25) is 10.0 Å². The van der Waals surface area contributed by atoms with Gasteiger partial charge in [0.25, 0.3) is 0 Å². The summed E-state index contributed by atoms with van der Waals surface area (Å²) in [6, 6.07) is 6.82. The van der Waals surface area contributed by atoms with Crippen molar-refractivity contribution >= 4 is 26.0 Å². The fourth-order valence-corrected chi connectivity index (χ4v) is 4.50. The van der Waals surface area contributed by atoms with Crippen molar-refractivity contribution in [1.82, 2.24) is 4.72 Å². The molecule has 0 spiro atoms. The van der Waals surface area contributed by atoms with E-state index in [-0.39, 0.29) is 5.41 Å². The van der Waals surface area contributed by atoms with Gasteiger partial charge in [-0.2, -0.15) is 0 Å². The molecule has 0 aliphatic heterocycles. The van der Waals surface area contributed by atoms with Crippen molar-refractivity contribution in [3.63, 3.8) is 0 Å². The Morgan fingerprint density at radius 3 is 2.58 bits per heavy atom. The fraction of sp³-hybridized carbons (Fsp3) is 0.571. The van der Waals surface area contributed by atoms with Crippen molar-refractivity contribution in [1.29, 1.82) is 0 Å². The lowest BCUT2D eigenvalue weighted by molar-refractivity contribution is 0.285. The summed E-state index contributed by atoms with van der Waals surface area (Å²) in [5.41, 5.74) is 0.166. The molecule has 5 heteroatoms. The standard InChI is InChI=1S/C14H20BrNO2S/c1-2-14(8-3-4-9-14)11-16-19(17,18)13-7-5-6-12(15)10-13/h5-7,10,16H,2-4,8-9,11H2,1H3. The molecule has 1 saturated carbocycles. The minimum atomic E-state index is -3.40. The average Bonchev–Trinajstić information content (AvgIpc) is 2.86. The molecular formula is C14H20BrNO2S. The highest BCUT2D eigenvalue weighted by atomic mass is 79.9. The van der Waals surface area contributed by atoms with Gasteiger partial charge in [-0.15, -0.1) is 0 Å². The Hall–Kier alpha value is -0.390. The molecule has 0 unspecified atom stereocenters. The van der Waals surface area contributed by atoms with E-state index in [4.69, 9.17) is 0 Å². The van der Waals surface area contributed by atoms with E-state index >= 15 is 0 Å². The molecule has 1 fully saturated rings. The van der Waals surface area contributed by atoms with Crippen LogP contribution in [0.15, 0.2) is 33.6 Å². The third-order valence-electron chi connectivity index (χ3n) is 4.16. The van der Waals surface area contributed by atoms with E-state index in [2.05, 4.69) is 27.6 Å². The molecule has 1 aliphatic carbocycles.